The van der Waals surface area contributed by atoms with Crippen molar-refractivity contribution in [3.05, 3.63) is 81.5 Å². The molecule has 1 aliphatic heterocycles. The van der Waals surface area contributed by atoms with Gasteiger partial charge in [-0.1, -0.05) is 31.5 Å². The van der Waals surface area contributed by atoms with Crippen molar-refractivity contribution >= 4 is 23.1 Å². The van der Waals surface area contributed by atoms with Crippen LogP contribution in [0.2, 0.25) is 0 Å². The minimum Gasteiger partial charge on any atom is -0.294 e. The Morgan fingerprint density at radius 3 is 2.27 bits per heavy atom. The zero-order valence-corrected chi connectivity index (χ0v) is 19.7. The van der Waals surface area contributed by atoms with Gasteiger partial charge in [-0.3, -0.25) is 24.4 Å². The van der Waals surface area contributed by atoms with Crippen molar-refractivity contribution in [1.82, 2.24) is 14.7 Å². The summed E-state index contributed by atoms with van der Waals surface area (Å²) >= 11 is 0. The van der Waals surface area contributed by atoms with E-state index in [9.17, 15) is 14.4 Å². The SMILES string of the molecule is CCCc1[nH]n(-c2ccccc2)c(=O)c1C1=C([n+]2ccc(C)c(C)c2)C(=O)N(C(C)C)C1=O. The first-order chi connectivity index (χ1) is 15.8. The standard InChI is InChI=1S/C26H28N4O3/c1-6-10-20-21(25(32)30(27-20)19-11-8-7-9-12-19)22-23(26(33)29(16(2)3)24(22)31)28-14-13-17(4)18(5)15-28/h7-9,11-16H,6,10H2,1-5H3/p+1. The molecule has 0 saturated heterocycles. The number of para-hydroxylation sites is 1. The van der Waals surface area contributed by atoms with E-state index in [4.69, 9.17) is 0 Å². The molecule has 0 spiro atoms. The summed E-state index contributed by atoms with van der Waals surface area (Å²) in [6.45, 7) is 9.55. The number of hydrogen-bond acceptors (Lipinski definition) is 3. The van der Waals surface area contributed by atoms with Crippen LogP contribution in [0.5, 0.6) is 0 Å². The molecule has 2 aromatic heterocycles. The second kappa shape index (κ2) is 8.65. The predicted molar refractivity (Wildman–Crippen MR) is 127 cm³/mol. The number of amides is 2. The van der Waals surface area contributed by atoms with E-state index in [1.54, 1.807) is 24.6 Å². The third-order valence-corrected chi connectivity index (χ3v) is 6.04. The molecule has 3 aromatic rings. The van der Waals surface area contributed by atoms with Gasteiger partial charge in [-0.15, -0.1) is 0 Å². The molecule has 3 heterocycles. The smallest absolute Gasteiger partial charge is 0.294 e. The average Bonchev–Trinajstić information content (AvgIpc) is 3.23. The number of hydrogen-bond donors (Lipinski definition) is 1. The molecule has 170 valence electrons. The van der Waals surface area contributed by atoms with E-state index in [1.807, 2.05) is 63.4 Å². The third-order valence-electron chi connectivity index (χ3n) is 6.04. The third kappa shape index (κ3) is 3.73. The van der Waals surface area contributed by atoms with Crippen molar-refractivity contribution in [1.29, 1.82) is 0 Å². The molecule has 1 aromatic carbocycles. The molecule has 33 heavy (non-hydrogen) atoms. The number of imide groups is 1. The van der Waals surface area contributed by atoms with Crippen LogP contribution in [0, 0.1) is 13.8 Å². The van der Waals surface area contributed by atoms with Gasteiger partial charge >= 0.3 is 5.91 Å². The summed E-state index contributed by atoms with van der Waals surface area (Å²) in [7, 11) is 0. The highest BCUT2D eigenvalue weighted by atomic mass is 16.2. The lowest BCUT2D eigenvalue weighted by Crippen LogP contribution is -2.42. The van der Waals surface area contributed by atoms with Gasteiger partial charge in [0.05, 0.1) is 11.3 Å². The van der Waals surface area contributed by atoms with Crippen molar-refractivity contribution in [2.45, 2.75) is 53.5 Å². The number of carbonyl (C=O) groups is 2. The number of benzene rings is 1. The van der Waals surface area contributed by atoms with Gasteiger partial charge in [0.15, 0.2) is 12.4 Å². The highest BCUT2D eigenvalue weighted by Crippen LogP contribution is 2.31. The van der Waals surface area contributed by atoms with Gasteiger partial charge in [-0.05, 0) is 51.8 Å². The van der Waals surface area contributed by atoms with Gasteiger partial charge < -0.3 is 0 Å². The lowest BCUT2D eigenvalue weighted by molar-refractivity contribution is -0.577. The van der Waals surface area contributed by atoms with Crippen LogP contribution in [-0.2, 0) is 16.0 Å². The Balaban J connectivity index is 2.04. The molecule has 0 bridgehead atoms. The molecule has 1 aliphatic rings. The zero-order chi connectivity index (χ0) is 23.9. The number of aryl methyl sites for hydroxylation is 3. The fourth-order valence-corrected chi connectivity index (χ4v) is 4.22. The van der Waals surface area contributed by atoms with E-state index in [0.717, 1.165) is 17.5 Å². The number of pyridine rings is 1. The van der Waals surface area contributed by atoms with E-state index in [-0.39, 0.29) is 28.4 Å². The Labute approximate surface area is 193 Å². The summed E-state index contributed by atoms with van der Waals surface area (Å²) in [5.41, 5.74) is 3.67. The maximum atomic E-state index is 13.7. The van der Waals surface area contributed by atoms with E-state index in [0.29, 0.717) is 17.8 Å². The normalized spacial score (nSPS) is 14.2. The highest BCUT2D eigenvalue weighted by molar-refractivity contribution is 6.44. The molecule has 4 rings (SSSR count). The fraction of sp³-hybridized carbons (Fsp3) is 0.308. The Kier molecular flexibility index (Phi) is 5.89. The Bertz CT molecular complexity index is 1330. The molecule has 0 fully saturated rings. The lowest BCUT2D eigenvalue weighted by Gasteiger charge is -2.17. The molecular weight excluding hydrogens is 416 g/mol. The molecule has 0 unspecified atom stereocenters. The highest BCUT2D eigenvalue weighted by Gasteiger charge is 2.48. The molecule has 7 nitrogen and oxygen atoms in total. The number of aromatic amines is 1. The molecule has 7 heteroatoms. The van der Waals surface area contributed by atoms with Crippen molar-refractivity contribution in [3.8, 4) is 5.69 Å². The number of nitrogens with one attached hydrogen (secondary N) is 1. The second-order valence-electron chi connectivity index (χ2n) is 8.71. The summed E-state index contributed by atoms with van der Waals surface area (Å²) in [5, 5.41) is 3.19. The maximum Gasteiger partial charge on any atom is 0.327 e. The number of H-pyrrole nitrogens is 1. The number of rotatable bonds is 6. The van der Waals surface area contributed by atoms with Crippen LogP contribution in [0.4, 0.5) is 0 Å². The first-order valence-electron chi connectivity index (χ1n) is 11.3. The molecular formula is C26H29N4O3+. The minimum atomic E-state index is -0.440. The van der Waals surface area contributed by atoms with E-state index < -0.39 is 11.8 Å². The number of nitrogens with zero attached hydrogens (tertiary/aromatic N) is 3. The minimum absolute atomic E-state index is 0.154. The average molecular weight is 446 g/mol. The Morgan fingerprint density at radius 1 is 0.970 bits per heavy atom. The summed E-state index contributed by atoms with van der Waals surface area (Å²) in [6.07, 6.45) is 4.95. The van der Waals surface area contributed by atoms with E-state index in [1.165, 1.54) is 9.58 Å². The molecule has 0 radical (unpaired) electrons. The van der Waals surface area contributed by atoms with Gasteiger partial charge in [0.25, 0.3) is 17.2 Å². The van der Waals surface area contributed by atoms with Crippen LogP contribution < -0.4 is 10.1 Å². The van der Waals surface area contributed by atoms with Crippen molar-refractivity contribution < 1.29 is 14.2 Å². The summed E-state index contributed by atoms with van der Waals surface area (Å²) in [5.74, 6) is -0.836. The molecule has 0 aliphatic carbocycles. The fourth-order valence-electron chi connectivity index (χ4n) is 4.22. The number of aromatic nitrogens is 3. The maximum absolute atomic E-state index is 13.7. The van der Waals surface area contributed by atoms with Crippen LogP contribution in [0.15, 0.2) is 53.6 Å². The first kappa shape index (κ1) is 22.5. The molecule has 2 amide bonds. The quantitative estimate of drug-likeness (QED) is 0.468. The summed E-state index contributed by atoms with van der Waals surface area (Å²) < 4.78 is 3.13. The Morgan fingerprint density at radius 2 is 1.67 bits per heavy atom. The monoisotopic (exact) mass is 445 g/mol. The van der Waals surface area contributed by atoms with Crippen molar-refractivity contribution in [3.63, 3.8) is 0 Å². The number of carbonyl (C=O) groups excluding carboxylic acids is 2. The largest absolute Gasteiger partial charge is 0.327 e. The Hall–Kier alpha value is -3.74. The van der Waals surface area contributed by atoms with Gasteiger partial charge in [-0.2, -0.15) is 4.57 Å². The van der Waals surface area contributed by atoms with Crippen LogP contribution in [0.25, 0.3) is 17.0 Å². The molecule has 0 saturated carbocycles. The van der Waals surface area contributed by atoms with Crippen molar-refractivity contribution in [2.24, 2.45) is 0 Å². The molecule has 0 atom stereocenters. The van der Waals surface area contributed by atoms with E-state index in [2.05, 4.69) is 5.10 Å². The van der Waals surface area contributed by atoms with Gasteiger partial charge in [0, 0.05) is 23.4 Å². The van der Waals surface area contributed by atoms with Crippen molar-refractivity contribution in [2.75, 3.05) is 0 Å². The summed E-state index contributed by atoms with van der Waals surface area (Å²) in [6, 6.07) is 10.8. The topological polar surface area (TPSA) is 79.1 Å². The summed E-state index contributed by atoms with van der Waals surface area (Å²) in [4.78, 5) is 42.0. The molecule has 1 N–H and O–H groups in total. The van der Waals surface area contributed by atoms with Crippen LogP contribution in [0.3, 0.4) is 0 Å². The van der Waals surface area contributed by atoms with Crippen LogP contribution in [-0.4, -0.2) is 32.5 Å². The van der Waals surface area contributed by atoms with E-state index >= 15 is 0 Å². The van der Waals surface area contributed by atoms with Crippen LogP contribution in [0.1, 0.15) is 49.6 Å². The van der Waals surface area contributed by atoms with Crippen LogP contribution >= 0.6 is 0 Å². The van der Waals surface area contributed by atoms with Gasteiger partial charge in [-0.25, -0.2) is 4.68 Å². The van der Waals surface area contributed by atoms with Gasteiger partial charge in [0.2, 0.25) is 0 Å². The zero-order valence-electron chi connectivity index (χ0n) is 19.7. The second-order valence-corrected chi connectivity index (χ2v) is 8.71. The van der Waals surface area contributed by atoms with Gasteiger partial charge in [0.1, 0.15) is 5.57 Å². The first-order valence-corrected chi connectivity index (χ1v) is 11.3. The lowest BCUT2D eigenvalue weighted by atomic mass is 10.0. The predicted octanol–water partition coefficient (Wildman–Crippen LogP) is 3.17.